The average molecular weight is 1660 g/mol. The summed E-state index contributed by atoms with van der Waals surface area (Å²) < 4.78 is 101. The van der Waals surface area contributed by atoms with Crippen molar-refractivity contribution in [2.24, 2.45) is 0 Å². The van der Waals surface area contributed by atoms with Crippen LogP contribution >= 0.6 is 0 Å². The summed E-state index contributed by atoms with van der Waals surface area (Å²) >= 11 is 0. The molecule has 9 fully saturated rings. The van der Waals surface area contributed by atoms with Crippen LogP contribution in [0.1, 0.15) is 41.0 Å². The standard InChI is InChI=1S/C63H105N3O47/c1-14-30(78)36(84)41(89)57(98-14)109-50-28(65-17(4)74)55(103-24(11-71)47(50)107-59-43(91)38(86)33(81)26(105-59)13-97-63(62(95)96)6-19(76)27(64-16(3)73)49(113-63)32(80)20(77)7-67)112-53-35(83)22(9-69)102-61(45(53)93)108-48-25(12-72)104-56(29(66-18(5)75)51(48)110-58-42(90)37(85)31(79)15(2)99-58)111-52-34(82)21(8-68)101-60(44(52)92)106-46-23(10-70)100-54(94)40(88)39(46)87/h14-15,19-61,67-72,76-94H,6-13H2,1-5H3,(H,64,73)(H,65,74)(H,66,75)(H,95,96)/t14-,15-,19-,20+,21+,22+,23+,24+,25+,26+,27+,28+,29+,30+,31+,32+,33-,34-,35-,36+,37+,38-,39+,40+,41-,42-,43+,44+,45+,46+,47+,48+,49+,50+,51+,52-,53-,54+,55-,56-,57-,58-,59-,60-,61-,63+/m0/s1. The number of aliphatic hydroxyl groups excluding tert-OH is 25. The second-order valence-corrected chi connectivity index (χ2v) is 28.8. The quantitative estimate of drug-likeness (QED) is 0.0331. The topological polar surface area (TPSA) is 787 Å². The van der Waals surface area contributed by atoms with Gasteiger partial charge in [0, 0.05) is 27.2 Å². The lowest BCUT2D eigenvalue weighted by atomic mass is 9.88. The Labute approximate surface area is 639 Å². The highest BCUT2D eigenvalue weighted by atomic mass is 16.8. The second kappa shape index (κ2) is 39.6. The van der Waals surface area contributed by atoms with Gasteiger partial charge in [0.25, 0.3) is 5.79 Å². The van der Waals surface area contributed by atoms with Crippen molar-refractivity contribution in [2.75, 3.05) is 46.2 Å². The molecule has 9 heterocycles. The van der Waals surface area contributed by atoms with Gasteiger partial charge in [-0.25, -0.2) is 4.79 Å². The third-order valence-corrected chi connectivity index (χ3v) is 20.9. The van der Waals surface area contributed by atoms with Crippen molar-refractivity contribution in [1.29, 1.82) is 0 Å². The maximum Gasteiger partial charge on any atom is 0.364 e. The number of nitrogens with one attached hydrogen (secondary N) is 3. The van der Waals surface area contributed by atoms with Gasteiger partial charge in [0.2, 0.25) is 17.7 Å². The Morgan fingerprint density at radius 3 is 1.12 bits per heavy atom. The van der Waals surface area contributed by atoms with E-state index in [2.05, 4.69) is 16.0 Å². The van der Waals surface area contributed by atoms with Gasteiger partial charge in [-0.15, -0.1) is 0 Å². The van der Waals surface area contributed by atoms with E-state index in [0.717, 1.165) is 20.8 Å². The summed E-state index contributed by atoms with van der Waals surface area (Å²) in [5.74, 6) is -8.07. The summed E-state index contributed by atoms with van der Waals surface area (Å²) in [5, 5.41) is 294. The number of carboxylic acid groups (broad SMARTS) is 1. The number of aliphatic hydroxyl groups is 25. The summed E-state index contributed by atoms with van der Waals surface area (Å²) in [4.78, 5) is 52.3. The predicted molar refractivity (Wildman–Crippen MR) is 346 cm³/mol. The number of amides is 3. The van der Waals surface area contributed by atoms with Gasteiger partial charge in [0.05, 0.1) is 70.6 Å². The van der Waals surface area contributed by atoms with E-state index in [1.165, 1.54) is 13.8 Å². The van der Waals surface area contributed by atoms with Crippen molar-refractivity contribution in [3.63, 3.8) is 0 Å². The number of carboxylic acids is 1. The van der Waals surface area contributed by atoms with E-state index in [9.17, 15) is 152 Å². The number of ether oxygens (including phenoxy) is 17. The van der Waals surface area contributed by atoms with Gasteiger partial charge < -0.3 is 229 Å². The third-order valence-electron chi connectivity index (χ3n) is 20.9. The lowest BCUT2D eigenvalue weighted by Gasteiger charge is -2.52. The van der Waals surface area contributed by atoms with E-state index < -0.39 is 358 Å². The molecule has 654 valence electrons. The lowest BCUT2D eigenvalue weighted by Crippen LogP contribution is -2.72. The Balaban J connectivity index is 1.04. The van der Waals surface area contributed by atoms with Gasteiger partial charge in [-0.1, -0.05) is 0 Å². The fraction of sp³-hybridized carbons (Fsp3) is 0.937. The van der Waals surface area contributed by atoms with Crippen LogP contribution in [-0.2, 0) is 99.7 Å². The first-order chi connectivity index (χ1) is 53.2. The normalized spacial score (nSPS) is 49.2. The molecule has 0 saturated carbocycles. The first kappa shape index (κ1) is 93.1. The summed E-state index contributed by atoms with van der Waals surface area (Å²) in [6, 6.07) is -5.82. The third kappa shape index (κ3) is 20.1. The molecule has 3 amide bonds. The molecule has 0 aliphatic carbocycles. The zero-order chi connectivity index (χ0) is 83.6. The van der Waals surface area contributed by atoms with Gasteiger partial charge in [-0.2, -0.15) is 0 Å². The molecule has 9 aliphatic heterocycles. The largest absolute Gasteiger partial charge is 0.477 e. The maximum atomic E-state index is 13.6. The molecule has 0 radical (unpaired) electrons. The fourth-order valence-corrected chi connectivity index (χ4v) is 14.6. The molecule has 50 heteroatoms. The number of hydrogen-bond donors (Lipinski definition) is 29. The Bertz CT molecular complexity index is 3040. The molecule has 0 aromatic rings. The van der Waals surface area contributed by atoms with Crippen molar-refractivity contribution in [3.8, 4) is 0 Å². The molecule has 9 rings (SSSR count). The summed E-state index contributed by atoms with van der Waals surface area (Å²) in [7, 11) is 0. The van der Waals surface area contributed by atoms with E-state index in [4.69, 9.17) is 80.5 Å². The van der Waals surface area contributed by atoms with Crippen molar-refractivity contribution in [3.05, 3.63) is 0 Å². The van der Waals surface area contributed by atoms with Crippen molar-refractivity contribution < 1.29 is 232 Å². The molecular formula is C63H105N3O47. The van der Waals surface area contributed by atoms with E-state index in [1.807, 2.05) is 0 Å². The van der Waals surface area contributed by atoms with Crippen LogP contribution in [0.2, 0.25) is 0 Å². The Kier molecular flexibility index (Phi) is 32.6. The van der Waals surface area contributed by atoms with E-state index in [-0.39, 0.29) is 0 Å². The van der Waals surface area contributed by atoms with Crippen molar-refractivity contribution >= 4 is 23.7 Å². The van der Waals surface area contributed by atoms with E-state index in [0.29, 0.717) is 0 Å². The van der Waals surface area contributed by atoms with Crippen LogP contribution < -0.4 is 16.0 Å². The molecule has 0 aromatic heterocycles. The number of carbonyl (C=O) groups excluding carboxylic acids is 3. The highest BCUT2D eigenvalue weighted by Crippen LogP contribution is 2.42. The number of hydrogen-bond acceptors (Lipinski definition) is 46. The second-order valence-electron chi connectivity index (χ2n) is 28.8. The van der Waals surface area contributed by atoms with Crippen LogP contribution in [0, 0.1) is 0 Å². The van der Waals surface area contributed by atoms with Crippen LogP contribution in [0.5, 0.6) is 0 Å². The van der Waals surface area contributed by atoms with Crippen molar-refractivity contribution in [1.82, 2.24) is 16.0 Å². The molecule has 0 aromatic carbocycles. The molecule has 29 N–H and O–H groups in total. The van der Waals surface area contributed by atoms with Gasteiger partial charge in [0.15, 0.2) is 50.3 Å². The summed E-state index contributed by atoms with van der Waals surface area (Å²) in [5.41, 5.74) is 0. The molecular weight excluding hydrogens is 1550 g/mol. The lowest BCUT2D eigenvalue weighted by molar-refractivity contribution is -0.400. The first-order valence-electron chi connectivity index (χ1n) is 36.0. The van der Waals surface area contributed by atoms with Gasteiger partial charge in [-0.3, -0.25) is 14.4 Å². The average Bonchev–Trinajstić information content (AvgIpc) is 0.775. The highest BCUT2D eigenvalue weighted by Gasteiger charge is 2.63. The molecule has 0 bridgehead atoms. The number of carbonyl (C=O) groups is 4. The van der Waals surface area contributed by atoms with Crippen LogP contribution in [0.3, 0.4) is 0 Å². The van der Waals surface area contributed by atoms with Crippen LogP contribution in [0.15, 0.2) is 0 Å². The molecule has 9 aliphatic rings. The smallest absolute Gasteiger partial charge is 0.364 e. The minimum Gasteiger partial charge on any atom is -0.477 e. The van der Waals surface area contributed by atoms with Crippen molar-refractivity contribution in [2.45, 2.75) is 323 Å². The molecule has 0 unspecified atom stereocenters. The van der Waals surface area contributed by atoms with E-state index >= 15 is 0 Å². The molecule has 50 nitrogen and oxygen atoms in total. The predicted octanol–water partition coefficient (Wildman–Crippen LogP) is -18.9. The Hall–Kier alpha value is -3.80. The van der Waals surface area contributed by atoms with E-state index in [1.54, 1.807) is 0 Å². The minimum absolute atomic E-state index is 0.846. The monoisotopic (exact) mass is 1660 g/mol. The SMILES string of the molecule is CC(=O)N[C@H]1[C@H](O[C@H]2[C@@H](O)[C@@H](CO)O[C@@H](O[C@H]3[C@H](O[C@@H]4O[C@@H](C)[C@@H](O)[C@@H](O)[C@@H]4O)[C@@H](NC(C)=O)[C@H](O[C@H]4[C@@H](O)[C@@H](CO)O[C@@H](O[C@H]5[C@H](O)[C@@H](O)[C@H](O)O[C@@H]5CO)[C@@H]4O)O[C@@H]3CO)[C@@H]2O)O[C@H](CO)[C@@H](O[C@@H]2O[C@H](CO[C@]3(C(=O)O)C[C@H](O)[C@@H](NC(C)=O)[C@H]([C@H](O)[C@H](O)CO)O3)[C@H](O)[C@H](O)[C@H]2O)[C@@H]1O[C@@H]1O[C@@H](C)[C@@H](O)[C@@H](O)[C@@H]1O. The maximum absolute atomic E-state index is 13.6. The highest BCUT2D eigenvalue weighted by molar-refractivity contribution is 5.77. The van der Waals surface area contributed by atoms with Gasteiger partial charge in [-0.05, 0) is 13.8 Å². The Morgan fingerprint density at radius 2 is 0.717 bits per heavy atom. The number of rotatable bonds is 29. The first-order valence-corrected chi connectivity index (χ1v) is 36.0. The van der Waals surface area contributed by atoms with Gasteiger partial charge >= 0.3 is 5.97 Å². The Morgan fingerprint density at radius 1 is 0.372 bits per heavy atom. The molecule has 113 heavy (non-hydrogen) atoms. The summed E-state index contributed by atoms with van der Waals surface area (Å²) in [6.45, 7) is -3.11. The van der Waals surface area contributed by atoms with Gasteiger partial charge in [0.1, 0.15) is 201 Å². The minimum atomic E-state index is -3.11. The van der Waals surface area contributed by atoms with Crippen LogP contribution in [0.25, 0.3) is 0 Å². The van der Waals surface area contributed by atoms with Crippen LogP contribution in [0.4, 0.5) is 0 Å². The summed E-state index contributed by atoms with van der Waals surface area (Å²) in [6.07, 6.45) is -89.8. The van der Waals surface area contributed by atoms with Crippen LogP contribution in [-0.4, -0.2) is 484 Å². The molecule has 46 atom stereocenters. The zero-order valence-corrected chi connectivity index (χ0v) is 60.8. The molecule has 0 spiro atoms. The zero-order valence-electron chi connectivity index (χ0n) is 60.8. The number of aliphatic carboxylic acids is 1. The molecule has 9 saturated heterocycles. The fourth-order valence-electron chi connectivity index (χ4n) is 14.6.